The van der Waals surface area contributed by atoms with Crippen LogP contribution < -0.4 is 4.74 Å². The van der Waals surface area contributed by atoms with E-state index in [-0.39, 0.29) is 11.2 Å². The number of ether oxygens (including phenoxy) is 1. The van der Waals surface area contributed by atoms with Gasteiger partial charge in [0.15, 0.2) is 0 Å². The lowest BCUT2D eigenvalue weighted by Crippen LogP contribution is -2.23. The van der Waals surface area contributed by atoms with Gasteiger partial charge in [-0.3, -0.25) is 9.78 Å². The summed E-state index contributed by atoms with van der Waals surface area (Å²) in [7, 11) is 1.55. The Balaban J connectivity index is 3.07. The Hall–Kier alpha value is -1.45. The van der Waals surface area contributed by atoms with Crippen molar-refractivity contribution in [1.29, 1.82) is 0 Å². The summed E-state index contributed by atoms with van der Waals surface area (Å²) in [4.78, 5) is 19.5. The summed E-state index contributed by atoms with van der Waals surface area (Å²) >= 11 is 0. The molecule has 0 spiro atoms. The van der Waals surface area contributed by atoms with Gasteiger partial charge < -0.3 is 4.74 Å². The molecule has 0 aliphatic rings. The molecule has 4 heteroatoms. The minimum atomic E-state index is -0.342. The van der Waals surface area contributed by atoms with Crippen LogP contribution in [0.2, 0.25) is 0 Å². The molecule has 15 heavy (non-hydrogen) atoms. The van der Waals surface area contributed by atoms with Crippen molar-refractivity contribution in [1.82, 2.24) is 9.97 Å². The van der Waals surface area contributed by atoms with Crippen molar-refractivity contribution in [2.45, 2.75) is 32.6 Å². The zero-order valence-electron chi connectivity index (χ0n) is 9.57. The van der Waals surface area contributed by atoms with Crippen LogP contribution in [0.3, 0.4) is 0 Å². The zero-order valence-corrected chi connectivity index (χ0v) is 9.57. The van der Waals surface area contributed by atoms with E-state index in [0.717, 1.165) is 5.69 Å². The maximum Gasteiger partial charge on any atom is 0.235 e. The number of rotatable bonds is 4. The van der Waals surface area contributed by atoms with Gasteiger partial charge in [0.2, 0.25) is 5.88 Å². The third-order valence-corrected chi connectivity index (χ3v) is 2.19. The second-order valence-corrected chi connectivity index (χ2v) is 4.18. The smallest absolute Gasteiger partial charge is 0.235 e. The molecule has 82 valence electrons. The fourth-order valence-electron chi connectivity index (χ4n) is 1.64. The summed E-state index contributed by atoms with van der Waals surface area (Å²) in [5, 5.41) is 0. The predicted molar refractivity (Wildman–Crippen MR) is 56.9 cm³/mol. The first kappa shape index (κ1) is 11.6. The molecule has 0 saturated carbocycles. The average Bonchev–Trinajstić information content (AvgIpc) is 2.16. The number of methoxy groups -OCH3 is 1. The van der Waals surface area contributed by atoms with Crippen molar-refractivity contribution in [3.63, 3.8) is 0 Å². The molecule has 1 aromatic heterocycles. The molecular formula is C11H16N2O2. The molecule has 0 aliphatic heterocycles. The lowest BCUT2D eigenvalue weighted by atomic mass is 9.84. The monoisotopic (exact) mass is 208 g/mol. The largest absolute Gasteiger partial charge is 0.480 e. The van der Waals surface area contributed by atoms with Crippen LogP contribution in [0.15, 0.2) is 12.4 Å². The molecule has 1 rings (SSSR count). The molecule has 0 radical (unpaired) electrons. The Bertz CT molecular complexity index is 361. The average molecular weight is 208 g/mol. The summed E-state index contributed by atoms with van der Waals surface area (Å²) in [5.41, 5.74) is 0.383. The number of hydrogen-bond acceptors (Lipinski definition) is 4. The Morgan fingerprint density at radius 3 is 2.53 bits per heavy atom. The number of hydrogen-bond donors (Lipinski definition) is 0. The van der Waals surface area contributed by atoms with Crippen molar-refractivity contribution < 1.29 is 9.53 Å². The molecule has 0 saturated heterocycles. The first-order valence-electron chi connectivity index (χ1n) is 4.82. The molecule has 0 bridgehead atoms. The number of nitrogens with zero attached hydrogens (tertiary/aromatic N) is 2. The van der Waals surface area contributed by atoms with Gasteiger partial charge >= 0.3 is 0 Å². The normalized spacial score (nSPS) is 11.2. The van der Waals surface area contributed by atoms with E-state index in [4.69, 9.17) is 4.74 Å². The quantitative estimate of drug-likeness (QED) is 0.756. The highest BCUT2D eigenvalue weighted by molar-refractivity contribution is 5.77. The molecule has 0 amide bonds. The van der Waals surface area contributed by atoms with Gasteiger partial charge in [-0.05, 0) is 6.92 Å². The van der Waals surface area contributed by atoms with Gasteiger partial charge in [-0.25, -0.2) is 4.98 Å². The van der Waals surface area contributed by atoms with Crippen LogP contribution in [0.25, 0.3) is 0 Å². The van der Waals surface area contributed by atoms with Gasteiger partial charge in [0.25, 0.3) is 0 Å². The van der Waals surface area contributed by atoms with Crippen molar-refractivity contribution >= 4 is 5.78 Å². The standard InChI is InChI=1S/C11H16N2O2/c1-8(14)7-11(2,3)9-10(15-4)13-6-5-12-9/h5-6H,7H2,1-4H3. The second-order valence-electron chi connectivity index (χ2n) is 4.18. The first-order chi connectivity index (χ1) is 6.97. The van der Waals surface area contributed by atoms with E-state index in [1.807, 2.05) is 13.8 Å². The van der Waals surface area contributed by atoms with Crippen LogP contribution in [0.1, 0.15) is 32.9 Å². The summed E-state index contributed by atoms with van der Waals surface area (Å²) in [5.74, 6) is 0.622. The van der Waals surface area contributed by atoms with E-state index in [0.29, 0.717) is 12.3 Å². The van der Waals surface area contributed by atoms with Crippen LogP contribution >= 0.6 is 0 Å². The van der Waals surface area contributed by atoms with E-state index >= 15 is 0 Å². The third-order valence-electron chi connectivity index (χ3n) is 2.19. The molecule has 0 aromatic carbocycles. The molecule has 1 aromatic rings. The molecule has 0 unspecified atom stereocenters. The second kappa shape index (κ2) is 4.38. The minimum Gasteiger partial charge on any atom is -0.480 e. The van der Waals surface area contributed by atoms with Gasteiger partial charge in [-0.1, -0.05) is 13.8 Å². The molecule has 4 nitrogen and oxygen atoms in total. The van der Waals surface area contributed by atoms with Crippen molar-refractivity contribution in [2.24, 2.45) is 0 Å². The minimum absolute atomic E-state index is 0.132. The van der Waals surface area contributed by atoms with Gasteiger partial charge in [-0.15, -0.1) is 0 Å². The Labute approximate surface area is 89.7 Å². The molecule has 0 N–H and O–H groups in total. The molecule has 1 heterocycles. The van der Waals surface area contributed by atoms with Crippen molar-refractivity contribution in [3.8, 4) is 5.88 Å². The van der Waals surface area contributed by atoms with Gasteiger partial charge in [0.1, 0.15) is 11.5 Å². The summed E-state index contributed by atoms with van der Waals surface area (Å²) in [6, 6.07) is 0. The van der Waals surface area contributed by atoms with E-state index in [1.165, 1.54) is 0 Å². The molecule has 0 atom stereocenters. The maximum absolute atomic E-state index is 11.1. The number of aromatic nitrogens is 2. The number of carbonyl (C=O) groups excluding carboxylic acids is 1. The lowest BCUT2D eigenvalue weighted by molar-refractivity contribution is -0.118. The maximum atomic E-state index is 11.1. The van der Waals surface area contributed by atoms with E-state index in [9.17, 15) is 4.79 Å². The van der Waals surface area contributed by atoms with Gasteiger partial charge in [0.05, 0.1) is 7.11 Å². The van der Waals surface area contributed by atoms with Gasteiger partial charge in [0, 0.05) is 24.2 Å². The van der Waals surface area contributed by atoms with E-state index in [2.05, 4.69) is 9.97 Å². The molecule has 0 fully saturated rings. The van der Waals surface area contributed by atoms with Crippen molar-refractivity contribution in [3.05, 3.63) is 18.1 Å². The van der Waals surface area contributed by atoms with Crippen LogP contribution in [-0.2, 0) is 10.2 Å². The zero-order chi connectivity index (χ0) is 11.5. The van der Waals surface area contributed by atoms with Crippen LogP contribution in [0.4, 0.5) is 0 Å². The highest BCUT2D eigenvalue weighted by Crippen LogP contribution is 2.30. The SMILES string of the molecule is COc1nccnc1C(C)(C)CC(C)=O. The summed E-state index contributed by atoms with van der Waals surface area (Å²) in [6.07, 6.45) is 3.62. The number of carbonyl (C=O) groups is 1. The molecule has 0 aliphatic carbocycles. The Kier molecular flexibility index (Phi) is 3.39. The van der Waals surface area contributed by atoms with Crippen molar-refractivity contribution in [2.75, 3.05) is 7.11 Å². The van der Waals surface area contributed by atoms with Crippen LogP contribution in [0.5, 0.6) is 5.88 Å². The molecular weight excluding hydrogens is 192 g/mol. The van der Waals surface area contributed by atoms with E-state index in [1.54, 1.807) is 26.4 Å². The number of ketones is 1. The number of Topliss-reactive ketones (excluding diaryl/α,β-unsaturated/α-hetero) is 1. The fourth-order valence-corrected chi connectivity index (χ4v) is 1.64. The third kappa shape index (κ3) is 2.75. The van der Waals surface area contributed by atoms with Crippen LogP contribution in [-0.4, -0.2) is 22.9 Å². The summed E-state index contributed by atoms with van der Waals surface area (Å²) in [6.45, 7) is 5.49. The topological polar surface area (TPSA) is 52.1 Å². The predicted octanol–water partition coefficient (Wildman–Crippen LogP) is 1.74. The highest BCUT2D eigenvalue weighted by atomic mass is 16.5. The first-order valence-corrected chi connectivity index (χ1v) is 4.82. The van der Waals surface area contributed by atoms with Crippen LogP contribution in [0, 0.1) is 0 Å². The Morgan fingerprint density at radius 1 is 1.40 bits per heavy atom. The van der Waals surface area contributed by atoms with E-state index < -0.39 is 0 Å². The lowest BCUT2D eigenvalue weighted by Gasteiger charge is -2.23. The highest BCUT2D eigenvalue weighted by Gasteiger charge is 2.28. The summed E-state index contributed by atoms with van der Waals surface area (Å²) < 4.78 is 5.13. The Morgan fingerprint density at radius 2 is 2.00 bits per heavy atom. The van der Waals surface area contributed by atoms with Gasteiger partial charge in [-0.2, -0.15) is 0 Å². The fraction of sp³-hybridized carbons (Fsp3) is 0.545.